The number of ether oxygens (including phenoxy) is 1. The third-order valence-corrected chi connectivity index (χ3v) is 15.3. The molecule has 0 aromatic heterocycles. The van der Waals surface area contributed by atoms with Gasteiger partial charge >= 0.3 is 5.97 Å². The Morgan fingerprint density at radius 2 is 0.772 bits per heavy atom. The van der Waals surface area contributed by atoms with Gasteiger partial charge in [-0.05, 0) is 109 Å². The Morgan fingerprint density at radius 3 is 1.18 bits per heavy atom. The maximum absolute atomic E-state index is 13.6. The molecule has 9 nitrogen and oxygen atoms in total. The highest BCUT2D eigenvalue weighted by molar-refractivity contribution is 7.45. The summed E-state index contributed by atoms with van der Waals surface area (Å²) in [6, 6.07) is -0.904. The Balaban J connectivity index is 5.24. The number of rotatable bonds is 59. The molecule has 0 heterocycles. The molecule has 0 bridgehead atoms. The van der Waals surface area contributed by atoms with E-state index in [0.717, 1.165) is 103 Å². The first-order valence-electron chi connectivity index (χ1n) is 32.9. The van der Waals surface area contributed by atoms with Crippen LogP contribution in [0.2, 0.25) is 0 Å². The molecule has 0 aromatic carbocycles. The normalized spacial score (nSPS) is 14.2. The number of phosphoric ester groups is 1. The number of likely N-dealkylation sites (N-methyl/N-ethyl adjacent to an activating group) is 1. The molecule has 3 unspecified atom stereocenters. The van der Waals surface area contributed by atoms with Gasteiger partial charge in [-0.15, -0.1) is 0 Å². The van der Waals surface area contributed by atoms with Gasteiger partial charge in [-0.25, -0.2) is 0 Å². The topological polar surface area (TPSA) is 114 Å². The monoisotopic (exact) mass is 1120 g/mol. The second-order valence-corrected chi connectivity index (χ2v) is 24.7. The second-order valence-electron chi connectivity index (χ2n) is 23.3. The van der Waals surface area contributed by atoms with Crippen LogP contribution >= 0.6 is 7.82 Å². The molecule has 10 heteroatoms. The molecule has 0 radical (unpaired) electrons. The molecule has 3 atom stereocenters. The number of esters is 1. The van der Waals surface area contributed by atoms with Gasteiger partial charge in [-0.1, -0.05) is 254 Å². The second kappa shape index (κ2) is 58.4. The number of carbonyl (C=O) groups excluding carboxylic acids is 2. The summed E-state index contributed by atoms with van der Waals surface area (Å²) in [5, 5.41) is 3.03. The SMILES string of the molecule is CCCCC/C=C\C/C=C\C/C=C\CCCCCCCCCCCCC(=O)NC(COP(=O)([O-])OCC[N+](C)(C)C)C(/C=C\CCCCCCCCCCCCC)OC(=O)CCCCCC/C=C\C/C=C\C/C=C\CCCCC. The summed E-state index contributed by atoms with van der Waals surface area (Å²) in [5.41, 5.74) is 0. The molecule has 0 saturated carbocycles. The zero-order valence-electron chi connectivity index (χ0n) is 52.3. The number of unbranched alkanes of at least 4 members (excludes halogenated alkanes) is 31. The molecular formula is C69H125N2O7P. The first-order chi connectivity index (χ1) is 38.4. The van der Waals surface area contributed by atoms with Crippen molar-refractivity contribution in [2.75, 3.05) is 40.9 Å². The fourth-order valence-corrected chi connectivity index (χ4v) is 9.91. The van der Waals surface area contributed by atoms with Crippen molar-refractivity contribution in [2.24, 2.45) is 0 Å². The number of nitrogens with one attached hydrogen (secondary N) is 1. The first-order valence-corrected chi connectivity index (χ1v) is 34.4. The minimum absolute atomic E-state index is 0.0299. The summed E-state index contributed by atoms with van der Waals surface area (Å²) in [7, 11) is 1.16. The Hall–Kier alpha value is -2.81. The average Bonchev–Trinajstić information content (AvgIpc) is 3.41. The number of amides is 1. The summed E-state index contributed by atoms with van der Waals surface area (Å²) in [4.78, 5) is 40.1. The molecule has 0 aliphatic rings. The van der Waals surface area contributed by atoms with E-state index in [1.807, 2.05) is 33.3 Å². The lowest BCUT2D eigenvalue weighted by Gasteiger charge is -2.30. The van der Waals surface area contributed by atoms with Crippen LogP contribution in [-0.2, 0) is 27.9 Å². The zero-order valence-corrected chi connectivity index (χ0v) is 53.2. The predicted octanol–water partition coefficient (Wildman–Crippen LogP) is 19.9. The van der Waals surface area contributed by atoms with Gasteiger partial charge in [-0.2, -0.15) is 0 Å². The van der Waals surface area contributed by atoms with Crippen LogP contribution in [0, 0.1) is 0 Å². The van der Waals surface area contributed by atoms with Gasteiger partial charge in [0.05, 0.1) is 33.8 Å². The molecule has 0 aliphatic carbocycles. The van der Waals surface area contributed by atoms with E-state index in [2.05, 4.69) is 99.0 Å². The quantitative estimate of drug-likeness (QED) is 0.0212. The van der Waals surface area contributed by atoms with Crippen LogP contribution in [0.5, 0.6) is 0 Å². The van der Waals surface area contributed by atoms with Crippen molar-refractivity contribution in [2.45, 2.75) is 303 Å². The smallest absolute Gasteiger partial charge is 0.306 e. The van der Waals surface area contributed by atoms with Crippen molar-refractivity contribution in [1.82, 2.24) is 5.32 Å². The molecule has 0 rings (SSSR count). The highest BCUT2D eigenvalue weighted by atomic mass is 31.2. The number of nitrogens with zero attached hydrogens (tertiary/aromatic N) is 1. The average molecular weight is 1130 g/mol. The van der Waals surface area contributed by atoms with E-state index < -0.39 is 26.6 Å². The van der Waals surface area contributed by atoms with E-state index in [1.165, 1.54) is 148 Å². The van der Waals surface area contributed by atoms with E-state index >= 15 is 0 Å². The van der Waals surface area contributed by atoms with E-state index in [4.69, 9.17) is 13.8 Å². The first kappa shape index (κ1) is 76.2. The molecule has 458 valence electrons. The van der Waals surface area contributed by atoms with Crippen LogP contribution in [0.15, 0.2) is 85.1 Å². The van der Waals surface area contributed by atoms with Gasteiger partial charge < -0.3 is 28.5 Å². The van der Waals surface area contributed by atoms with Crippen molar-refractivity contribution in [3.63, 3.8) is 0 Å². The van der Waals surface area contributed by atoms with Gasteiger partial charge in [0.25, 0.3) is 7.82 Å². The molecule has 1 N–H and O–H groups in total. The maximum Gasteiger partial charge on any atom is 0.306 e. The third-order valence-electron chi connectivity index (χ3n) is 14.3. The number of carbonyl (C=O) groups is 2. The molecule has 1 amide bonds. The number of hydrogen-bond donors (Lipinski definition) is 1. The van der Waals surface area contributed by atoms with Crippen molar-refractivity contribution < 1.29 is 37.3 Å². The number of quaternary nitrogens is 1. The Labute approximate surface area is 488 Å². The lowest BCUT2D eigenvalue weighted by atomic mass is 10.0. The van der Waals surface area contributed by atoms with Crippen molar-refractivity contribution in [1.29, 1.82) is 0 Å². The van der Waals surface area contributed by atoms with Gasteiger partial charge in [0.1, 0.15) is 19.3 Å². The molecule has 79 heavy (non-hydrogen) atoms. The van der Waals surface area contributed by atoms with E-state index in [1.54, 1.807) is 0 Å². The maximum atomic E-state index is 13.6. The van der Waals surface area contributed by atoms with Crippen LogP contribution in [-0.4, -0.2) is 69.4 Å². The summed E-state index contributed by atoms with van der Waals surface area (Å²) in [6.07, 6.45) is 76.9. The standard InChI is InChI=1S/C69H125N2O7P/c1-7-10-13-16-19-22-25-28-30-32-33-34-35-36-37-39-40-43-46-49-52-55-58-61-68(72)70-66(65-77-79(74,75)76-64-63-71(4,5)6)67(60-57-54-51-48-45-42-27-24-21-18-15-12-9-3)78-69(73)62-59-56-53-50-47-44-41-38-31-29-26-23-20-17-14-11-8-2/h19-20,22-23,28-31,33-34,41,44,57,60,66-67H,7-18,21,24-27,32,35-40,42-43,45-56,58-59,61-65H2,1-6H3,(H-,70,72,74,75)/b22-19-,23-20-,30-28-,31-29-,34-33-,44-41-,60-57-. The Kier molecular flexibility index (Phi) is 56.3. The molecule has 0 fully saturated rings. The highest BCUT2D eigenvalue weighted by Gasteiger charge is 2.27. The van der Waals surface area contributed by atoms with E-state index in [-0.39, 0.29) is 24.9 Å². The third kappa shape index (κ3) is 59.6. The molecular weight excluding hydrogens is 1000 g/mol. The van der Waals surface area contributed by atoms with Gasteiger partial charge in [-0.3, -0.25) is 14.2 Å². The van der Waals surface area contributed by atoms with Crippen LogP contribution in [0.1, 0.15) is 290 Å². The van der Waals surface area contributed by atoms with Gasteiger partial charge in [0, 0.05) is 12.8 Å². The molecule has 0 spiro atoms. The lowest BCUT2D eigenvalue weighted by Crippen LogP contribution is -2.47. The van der Waals surface area contributed by atoms with Crippen molar-refractivity contribution >= 4 is 19.7 Å². The summed E-state index contributed by atoms with van der Waals surface area (Å²) >= 11 is 0. The Bertz CT molecular complexity index is 1630. The molecule has 0 saturated heterocycles. The van der Waals surface area contributed by atoms with Gasteiger partial charge in [0.15, 0.2) is 0 Å². The highest BCUT2D eigenvalue weighted by Crippen LogP contribution is 2.38. The van der Waals surface area contributed by atoms with Gasteiger partial charge in [0.2, 0.25) is 5.91 Å². The summed E-state index contributed by atoms with van der Waals surface area (Å²) < 4.78 is 30.4. The minimum Gasteiger partial charge on any atom is -0.756 e. The summed E-state index contributed by atoms with van der Waals surface area (Å²) in [6.45, 7) is 6.78. The van der Waals surface area contributed by atoms with Crippen LogP contribution in [0.25, 0.3) is 0 Å². The van der Waals surface area contributed by atoms with Crippen molar-refractivity contribution in [3.05, 3.63) is 85.1 Å². The minimum atomic E-state index is -4.71. The van der Waals surface area contributed by atoms with Crippen LogP contribution < -0.4 is 10.2 Å². The molecule has 0 aromatic rings. The van der Waals surface area contributed by atoms with E-state index in [9.17, 15) is 19.0 Å². The largest absolute Gasteiger partial charge is 0.756 e. The van der Waals surface area contributed by atoms with E-state index in [0.29, 0.717) is 23.9 Å². The number of hydrogen-bond acceptors (Lipinski definition) is 7. The predicted molar refractivity (Wildman–Crippen MR) is 339 cm³/mol. The number of phosphoric acid groups is 1. The van der Waals surface area contributed by atoms with Crippen LogP contribution in [0.4, 0.5) is 0 Å². The fraction of sp³-hybridized carbons (Fsp3) is 0.768. The fourth-order valence-electron chi connectivity index (χ4n) is 9.18. The van der Waals surface area contributed by atoms with Crippen LogP contribution in [0.3, 0.4) is 0 Å². The lowest BCUT2D eigenvalue weighted by molar-refractivity contribution is -0.870. The number of allylic oxidation sites excluding steroid dienone is 13. The summed E-state index contributed by atoms with van der Waals surface area (Å²) in [5.74, 6) is -0.568. The van der Waals surface area contributed by atoms with Crippen molar-refractivity contribution in [3.8, 4) is 0 Å². The molecule has 0 aliphatic heterocycles. The zero-order chi connectivity index (χ0) is 57.9. The Morgan fingerprint density at radius 1 is 0.443 bits per heavy atom.